The van der Waals surface area contributed by atoms with Crippen molar-refractivity contribution >= 4 is 15.9 Å². The van der Waals surface area contributed by atoms with E-state index in [9.17, 15) is 13.2 Å². The average molecular weight is 407 g/mol. The monoisotopic (exact) mass is 406 g/mol. The Balaban J connectivity index is 1.56. The number of rotatable bonds is 5. The molecule has 3 aliphatic rings. The molecule has 4 rings (SSSR count). The van der Waals surface area contributed by atoms with Crippen molar-refractivity contribution in [3.63, 3.8) is 0 Å². The van der Waals surface area contributed by atoms with Crippen molar-refractivity contribution in [2.45, 2.75) is 56.4 Å². The molecule has 2 bridgehead atoms. The molecule has 6 nitrogen and oxygen atoms in total. The van der Waals surface area contributed by atoms with Crippen LogP contribution in [0.3, 0.4) is 0 Å². The van der Waals surface area contributed by atoms with Gasteiger partial charge in [-0.1, -0.05) is 13.3 Å². The van der Waals surface area contributed by atoms with Gasteiger partial charge in [-0.25, -0.2) is 8.42 Å². The molecule has 0 spiro atoms. The second-order valence-corrected chi connectivity index (χ2v) is 10.6. The molecule has 0 aromatic heterocycles. The van der Waals surface area contributed by atoms with Gasteiger partial charge in [0.05, 0.1) is 17.6 Å². The molecule has 1 aromatic rings. The Morgan fingerprint density at radius 2 is 1.89 bits per heavy atom. The van der Waals surface area contributed by atoms with Crippen LogP contribution in [0.4, 0.5) is 0 Å². The highest BCUT2D eigenvalue weighted by Gasteiger charge is 2.40. The summed E-state index contributed by atoms with van der Waals surface area (Å²) in [6.45, 7) is 3.21. The summed E-state index contributed by atoms with van der Waals surface area (Å²) in [4.78, 5) is 13.1. The van der Waals surface area contributed by atoms with E-state index in [1.807, 2.05) is 0 Å². The zero-order valence-corrected chi connectivity index (χ0v) is 17.5. The Hall–Kier alpha value is -1.60. The molecular formula is C21H30N2O4S. The third-order valence-electron chi connectivity index (χ3n) is 6.85. The van der Waals surface area contributed by atoms with Crippen LogP contribution in [0.1, 0.15) is 55.8 Å². The molecule has 2 saturated carbocycles. The van der Waals surface area contributed by atoms with E-state index in [-0.39, 0.29) is 16.8 Å². The maximum Gasteiger partial charge on any atom is 0.255 e. The van der Waals surface area contributed by atoms with Gasteiger partial charge in [0.25, 0.3) is 5.91 Å². The van der Waals surface area contributed by atoms with Crippen molar-refractivity contribution in [3.8, 4) is 5.75 Å². The molecule has 0 radical (unpaired) electrons. The summed E-state index contributed by atoms with van der Waals surface area (Å²) in [6.07, 6.45) is 6.41. The number of hydrogen-bond acceptors (Lipinski definition) is 4. The highest BCUT2D eigenvalue weighted by atomic mass is 32.2. The van der Waals surface area contributed by atoms with Crippen LogP contribution in [0.5, 0.6) is 5.75 Å². The van der Waals surface area contributed by atoms with Crippen LogP contribution in [0.2, 0.25) is 0 Å². The van der Waals surface area contributed by atoms with Crippen LogP contribution < -0.4 is 10.1 Å². The quantitative estimate of drug-likeness (QED) is 0.816. The molecule has 7 heteroatoms. The lowest BCUT2D eigenvalue weighted by Gasteiger charge is -2.29. The molecule has 0 unspecified atom stereocenters. The minimum atomic E-state index is -3.60. The molecule has 154 valence electrons. The summed E-state index contributed by atoms with van der Waals surface area (Å²) in [5.41, 5.74) is 0.303. The Morgan fingerprint density at radius 3 is 2.50 bits per heavy atom. The highest BCUT2D eigenvalue weighted by Crippen LogP contribution is 2.44. The highest BCUT2D eigenvalue weighted by molar-refractivity contribution is 7.89. The van der Waals surface area contributed by atoms with Gasteiger partial charge < -0.3 is 10.1 Å². The molecule has 1 amide bonds. The number of hydrogen-bond donors (Lipinski definition) is 1. The predicted molar refractivity (Wildman–Crippen MR) is 107 cm³/mol. The van der Waals surface area contributed by atoms with Gasteiger partial charge in [0.15, 0.2) is 0 Å². The van der Waals surface area contributed by atoms with Crippen LogP contribution in [0, 0.1) is 17.8 Å². The number of carbonyl (C=O) groups excluding carboxylic acids is 1. The fourth-order valence-electron chi connectivity index (χ4n) is 5.07. The molecule has 1 N–H and O–H groups in total. The number of sulfonamides is 1. The fourth-order valence-corrected chi connectivity index (χ4v) is 6.56. The van der Waals surface area contributed by atoms with E-state index in [4.69, 9.17) is 4.74 Å². The van der Waals surface area contributed by atoms with Crippen molar-refractivity contribution in [1.82, 2.24) is 9.62 Å². The second kappa shape index (κ2) is 7.67. The lowest BCUT2D eigenvalue weighted by molar-refractivity contribution is 0.0919. The normalized spacial score (nSPS) is 28.4. The first kappa shape index (κ1) is 19.7. The summed E-state index contributed by atoms with van der Waals surface area (Å²) in [5.74, 6) is 2.00. The third-order valence-corrected chi connectivity index (χ3v) is 8.75. The SMILES string of the molecule is COc1ccc(S(=O)(=O)N2CCC(C)CC2)cc1C(=O)N[C@@H]1C[C@H]2CC[C@H]1C2. The molecule has 3 atom stereocenters. The van der Waals surface area contributed by atoms with Gasteiger partial charge in [0, 0.05) is 19.1 Å². The molecule has 28 heavy (non-hydrogen) atoms. The van der Waals surface area contributed by atoms with Crippen LogP contribution in [-0.4, -0.2) is 44.9 Å². The molecule has 1 saturated heterocycles. The Kier molecular flexibility index (Phi) is 5.40. The number of benzene rings is 1. The van der Waals surface area contributed by atoms with E-state index in [0.717, 1.165) is 25.2 Å². The number of amides is 1. The van der Waals surface area contributed by atoms with Gasteiger partial charge in [-0.2, -0.15) is 4.31 Å². The number of ether oxygens (including phenoxy) is 1. The molecule has 3 fully saturated rings. The smallest absolute Gasteiger partial charge is 0.255 e. The lowest BCUT2D eigenvalue weighted by Crippen LogP contribution is -2.39. The summed E-state index contributed by atoms with van der Waals surface area (Å²) < 4.78 is 33.0. The lowest BCUT2D eigenvalue weighted by atomic mass is 9.95. The van der Waals surface area contributed by atoms with Crippen LogP contribution in [-0.2, 0) is 10.0 Å². The van der Waals surface area contributed by atoms with Crippen LogP contribution in [0.15, 0.2) is 23.1 Å². The topological polar surface area (TPSA) is 75.7 Å². The summed E-state index contributed by atoms with van der Waals surface area (Å²) in [5, 5.41) is 3.14. The van der Waals surface area contributed by atoms with E-state index in [2.05, 4.69) is 12.2 Å². The van der Waals surface area contributed by atoms with E-state index >= 15 is 0 Å². The fraction of sp³-hybridized carbons (Fsp3) is 0.667. The first-order valence-corrected chi connectivity index (χ1v) is 11.8. The first-order chi connectivity index (χ1) is 13.4. The van der Waals surface area contributed by atoms with Crippen molar-refractivity contribution in [2.75, 3.05) is 20.2 Å². The van der Waals surface area contributed by atoms with Crippen molar-refractivity contribution in [2.24, 2.45) is 17.8 Å². The Morgan fingerprint density at radius 1 is 1.14 bits per heavy atom. The average Bonchev–Trinajstić information content (AvgIpc) is 3.31. The summed E-state index contributed by atoms with van der Waals surface area (Å²) in [7, 11) is -2.10. The van der Waals surface area contributed by atoms with Crippen molar-refractivity contribution in [3.05, 3.63) is 23.8 Å². The van der Waals surface area contributed by atoms with Gasteiger partial charge in [-0.3, -0.25) is 4.79 Å². The van der Waals surface area contributed by atoms with Crippen molar-refractivity contribution < 1.29 is 17.9 Å². The van der Waals surface area contributed by atoms with Gasteiger partial charge in [0.2, 0.25) is 10.0 Å². The zero-order chi connectivity index (χ0) is 19.9. The van der Waals surface area contributed by atoms with E-state index < -0.39 is 10.0 Å². The molecule has 1 aliphatic heterocycles. The molecular weight excluding hydrogens is 376 g/mol. The number of nitrogens with zero attached hydrogens (tertiary/aromatic N) is 1. The number of piperidine rings is 1. The van der Waals surface area contributed by atoms with Gasteiger partial charge in [-0.05, 0) is 68.1 Å². The minimum Gasteiger partial charge on any atom is -0.496 e. The number of fused-ring (bicyclic) bond motifs is 2. The maximum atomic E-state index is 13.1. The van der Waals surface area contributed by atoms with E-state index in [0.29, 0.717) is 36.2 Å². The van der Waals surface area contributed by atoms with E-state index in [1.165, 1.54) is 36.7 Å². The summed E-state index contributed by atoms with van der Waals surface area (Å²) >= 11 is 0. The predicted octanol–water partition coefficient (Wildman–Crippen LogP) is 3.03. The van der Waals surface area contributed by atoms with Gasteiger partial charge in [-0.15, -0.1) is 0 Å². The molecule has 1 aromatic carbocycles. The van der Waals surface area contributed by atoms with E-state index in [1.54, 1.807) is 12.1 Å². The standard InChI is InChI=1S/C21H30N2O4S/c1-14-7-9-23(10-8-14)28(25,26)17-5-6-20(27-2)18(13-17)21(24)22-19-12-15-3-4-16(19)11-15/h5-6,13-16,19H,3-4,7-12H2,1-2H3,(H,22,24)/t15-,16-,19+/m0/s1. The summed E-state index contributed by atoms with van der Waals surface area (Å²) in [6, 6.07) is 4.81. The molecule has 2 aliphatic carbocycles. The minimum absolute atomic E-state index is 0.168. The maximum absolute atomic E-state index is 13.1. The Labute approximate surface area is 167 Å². The van der Waals surface area contributed by atoms with Crippen LogP contribution in [0.25, 0.3) is 0 Å². The zero-order valence-electron chi connectivity index (χ0n) is 16.7. The number of nitrogens with one attached hydrogen (secondary N) is 1. The number of methoxy groups -OCH3 is 1. The number of carbonyl (C=O) groups is 1. The first-order valence-electron chi connectivity index (χ1n) is 10.4. The second-order valence-electron chi connectivity index (χ2n) is 8.70. The molecule has 1 heterocycles. The largest absolute Gasteiger partial charge is 0.496 e. The van der Waals surface area contributed by atoms with Gasteiger partial charge in [0.1, 0.15) is 5.75 Å². The Bertz CT molecular complexity index is 846. The van der Waals surface area contributed by atoms with Gasteiger partial charge >= 0.3 is 0 Å². The van der Waals surface area contributed by atoms with Crippen molar-refractivity contribution in [1.29, 1.82) is 0 Å². The third kappa shape index (κ3) is 3.66. The van der Waals surface area contributed by atoms with Crippen LogP contribution >= 0.6 is 0 Å².